The predicted molar refractivity (Wildman–Crippen MR) is 112 cm³/mol. The van der Waals surface area contributed by atoms with E-state index in [0.717, 1.165) is 44.9 Å². The van der Waals surface area contributed by atoms with Crippen molar-refractivity contribution in [1.29, 1.82) is 0 Å². The van der Waals surface area contributed by atoms with Crippen LogP contribution in [-0.2, 0) is 12.8 Å². The second-order valence-electron chi connectivity index (χ2n) is 6.95. The summed E-state index contributed by atoms with van der Waals surface area (Å²) in [5.41, 5.74) is 4.16. The van der Waals surface area contributed by atoms with E-state index in [2.05, 4.69) is 15.0 Å². The zero-order chi connectivity index (χ0) is 18.4. The Hall–Kier alpha value is -2.18. The lowest BCUT2D eigenvalue weighted by Crippen LogP contribution is -2.04. The van der Waals surface area contributed by atoms with Gasteiger partial charge < -0.3 is 4.98 Å². The van der Waals surface area contributed by atoms with E-state index in [-0.39, 0.29) is 5.78 Å². The van der Waals surface area contributed by atoms with Crippen molar-refractivity contribution in [3.63, 3.8) is 0 Å². The molecule has 136 valence electrons. The Labute approximate surface area is 165 Å². The highest BCUT2D eigenvalue weighted by atomic mass is 32.2. The van der Waals surface area contributed by atoms with Crippen LogP contribution in [0.25, 0.3) is 21.1 Å². The Balaban J connectivity index is 1.47. The van der Waals surface area contributed by atoms with E-state index in [1.807, 2.05) is 31.2 Å². The van der Waals surface area contributed by atoms with Crippen LogP contribution in [0.2, 0.25) is 0 Å². The van der Waals surface area contributed by atoms with Gasteiger partial charge in [-0.05, 0) is 44.2 Å². The van der Waals surface area contributed by atoms with Gasteiger partial charge in [0.2, 0.25) is 0 Å². The number of thiophene rings is 1. The number of rotatable bonds is 4. The molecule has 0 fully saturated rings. The van der Waals surface area contributed by atoms with Crippen molar-refractivity contribution in [1.82, 2.24) is 15.0 Å². The van der Waals surface area contributed by atoms with Gasteiger partial charge in [-0.25, -0.2) is 9.97 Å². The third kappa shape index (κ3) is 2.87. The highest BCUT2D eigenvalue weighted by Crippen LogP contribution is 2.39. The molecule has 5 rings (SSSR count). The largest absolute Gasteiger partial charge is 0.358 e. The first-order chi connectivity index (χ1) is 13.2. The van der Waals surface area contributed by atoms with Crippen molar-refractivity contribution in [3.8, 4) is 0 Å². The molecule has 0 saturated heterocycles. The zero-order valence-electron chi connectivity index (χ0n) is 15.0. The van der Waals surface area contributed by atoms with E-state index < -0.39 is 0 Å². The summed E-state index contributed by atoms with van der Waals surface area (Å²) >= 11 is 3.34. The SMILES string of the molecule is Cc1[nH]c2ccccc2c1C(=O)CSc1ncnc2sc3c(c12)CCCC3. The lowest BCUT2D eigenvalue weighted by Gasteiger charge is -2.11. The molecule has 0 saturated carbocycles. The van der Waals surface area contributed by atoms with Crippen molar-refractivity contribution < 1.29 is 4.79 Å². The summed E-state index contributed by atoms with van der Waals surface area (Å²) in [5.74, 6) is 0.533. The van der Waals surface area contributed by atoms with Gasteiger partial charge in [0.05, 0.1) is 5.75 Å². The van der Waals surface area contributed by atoms with E-state index in [1.54, 1.807) is 29.4 Å². The maximum absolute atomic E-state index is 13.0. The maximum atomic E-state index is 13.0. The summed E-state index contributed by atoms with van der Waals surface area (Å²) in [7, 11) is 0. The van der Waals surface area contributed by atoms with Crippen LogP contribution in [0.3, 0.4) is 0 Å². The molecule has 0 unspecified atom stereocenters. The van der Waals surface area contributed by atoms with Gasteiger partial charge >= 0.3 is 0 Å². The lowest BCUT2D eigenvalue weighted by molar-refractivity contribution is 0.102. The van der Waals surface area contributed by atoms with Gasteiger partial charge in [-0.1, -0.05) is 30.0 Å². The van der Waals surface area contributed by atoms with E-state index in [0.29, 0.717) is 5.75 Å². The summed E-state index contributed by atoms with van der Waals surface area (Å²) in [4.78, 5) is 27.8. The number of carbonyl (C=O) groups excluding carboxylic acids is 1. The van der Waals surface area contributed by atoms with Crippen molar-refractivity contribution in [2.45, 2.75) is 37.6 Å². The molecule has 0 radical (unpaired) electrons. The second kappa shape index (κ2) is 6.77. The standard InChI is InChI=1S/C21H19N3OS2/c1-12-18(13-6-2-4-8-15(13)24-12)16(25)10-26-20-19-14-7-3-5-9-17(14)27-21(19)23-11-22-20/h2,4,6,8,11,24H,3,5,7,9-10H2,1H3. The molecule has 4 aromatic rings. The Kier molecular flexibility index (Phi) is 4.25. The minimum Gasteiger partial charge on any atom is -0.358 e. The number of Topliss-reactive ketones (excluding diaryl/α,β-unsaturated/α-hetero) is 1. The van der Waals surface area contributed by atoms with Crippen molar-refractivity contribution in [2.24, 2.45) is 0 Å². The van der Waals surface area contributed by atoms with Crippen LogP contribution in [0.1, 0.15) is 39.3 Å². The molecule has 3 aromatic heterocycles. The number of carbonyl (C=O) groups is 1. The van der Waals surface area contributed by atoms with Crippen LogP contribution < -0.4 is 0 Å². The number of nitrogens with one attached hydrogen (secondary N) is 1. The number of para-hydroxylation sites is 1. The molecule has 0 atom stereocenters. The molecular weight excluding hydrogens is 374 g/mol. The van der Waals surface area contributed by atoms with Crippen LogP contribution in [0.4, 0.5) is 0 Å². The number of nitrogens with zero attached hydrogens (tertiary/aromatic N) is 2. The molecule has 1 N–H and O–H groups in total. The lowest BCUT2D eigenvalue weighted by atomic mass is 9.97. The van der Waals surface area contributed by atoms with E-state index >= 15 is 0 Å². The predicted octanol–water partition coefficient (Wildman–Crippen LogP) is 5.33. The Morgan fingerprint density at radius 3 is 3.00 bits per heavy atom. The van der Waals surface area contributed by atoms with Crippen molar-refractivity contribution >= 4 is 50.0 Å². The summed E-state index contributed by atoms with van der Waals surface area (Å²) in [6.45, 7) is 1.97. The average Bonchev–Trinajstić information content (AvgIpc) is 3.23. The van der Waals surface area contributed by atoms with Crippen molar-refractivity contribution in [3.05, 3.63) is 52.3 Å². The fraction of sp³-hybridized carbons (Fsp3) is 0.286. The zero-order valence-corrected chi connectivity index (χ0v) is 16.7. The van der Waals surface area contributed by atoms with Gasteiger partial charge in [0, 0.05) is 32.4 Å². The average molecular weight is 394 g/mol. The van der Waals surface area contributed by atoms with Gasteiger partial charge in [0.15, 0.2) is 5.78 Å². The first kappa shape index (κ1) is 17.0. The molecule has 1 aromatic carbocycles. The number of hydrogen-bond acceptors (Lipinski definition) is 5. The highest BCUT2D eigenvalue weighted by molar-refractivity contribution is 8.00. The van der Waals surface area contributed by atoms with E-state index in [1.165, 1.54) is 28.7 Å². The summed E-state index contributed by atoms with van der Waals surface area (Å²) < 4.78 is 0. The minimum absolute atomic E-state index is 0.144. The molecule has 0 aliphatic heterocycles. The van der Waals surface area contributed by atoms with E-state index in [4.69, 9.17) is 0 Å². The smallest absolute Gasteiger partial charge is 0.175 e. The topological polar surface area (TPSA) is 58.6 Å². The molecule has 27 heavy (non-hydrogen) atoms. The number of H-pyrrole nitrogens is 1. The monoisotopic (exact) mass is 393 g/mol. The number of aryl methyl sites for hydroxylation is 3. The molecule has 1 aliphatic rings. The van der Waals surface area contributed by atoms with Gasteiger partial charge in [-0.2, -0.15) is 0 Å². The summed E-state index contributed by atoms with van der Waals surface area (Å²) in [6, 6.07) is 7.98. The first-order valence-corrected chi connectivity index (χ1v) is 11.0. The molecule has 1 aliphatic carbocycles. The molecule has 0 bridgehead atoms. The van der Waals surface area contributed by atoms with Crippen LogP contribution in [-0.4, -0.2) is 26.5 Å². The number of thioether (sulfide) groups is 1. The number of benzene rings is 1. The number of aromatic nitrogens is 3. The second-order valence-corrected chi connectivity index (χ2v) is 9.00. The molecule has 6 heteroatoms. The third-order valence-corrected chi connectivity index (χ3v) is 7.42. The van der Waals surface area contributed by atoms with Gasteiger partial charge in [0.1, 0.15) is 16.2 Å². The van der Waals surface area contributed by atoms with Gasteiger partial charge in [0.25, 0.3) is 0 Å². The maximum Gasteiger partial charge on any atom is 0.175 e. The fourth-order valence-corrected chi connectivity index (χ4v) is 6.20. The van der Waals surface area contributed by atoms with Crippen LogP contribution >= 0.6 is 23.1 Å². The first-order valence-electron chi connectivity index (χ1n) is 9.21. The number of ketones is 1. The molecule has 0 amide bonds. The van der Waals surface area contributed by atoms with Crippen LogP contribution in [0, 0.1) is 6.92 Å². The summed E-state index contributed by atoms with van der Waals surface area (Å²) in [6.07, 6.45) is 6.37. The minimum atomic E-state index is 0.144. The van der Waals surface area contributed by atoms with Crippen molar-refractivity contribution in [2.75, 3.05) is 5.75 Å². The number of aromatic amines is 1. The molecule has 3 heterocycles. The molecule has 4 nitrogen and oxygen atoms in total. The highest BCUT2D eigenvalue weighted by Gasteiger charge is 2.21. The Bertz CT molecular complexity index is 1180. The normalized spacial score (nSPS) is 14.0. The molecular formula is C21H19N3OS2. The van der Waals surface area contributed by atoms with E-state index in [9.17, 15) is 4.79 Å². The quantitative estimate of drug-likeness (QED) is 0.289. The van der Waals surface area contributed by atoms with Crippen LogP contribution in [0.5, 0.6) is 0 Å². The fourth-order valence-electron chi connectivity index (χ4n) is 4.01. The third-order valence-electron chi connectivity index (χ3n) is 5.23. The summed E-state index contributed by atoms with van der Waals surface area (Å²) in [5, 5.41) is 3.14. The number of hydrogen-bond donors (Lipinski definition) is 1. The van der Waals surface area contributed by atoms with Gasteiger partial charge in [-0.15, -0.1) is 11.3 Å². The molecule has 0 spiro atoms. The number of fused-ring (bicyclic) bond motifs is 4. The van der Waals surface area contributed by atoms with Gasteiger partial charge in [-0.3, -0.25) is 4.79 Å². The Morgan fingerprint density at radius 2 is 2.07 bits per heavy atom. The van der Waals surface area contributed by atoms with Crippen LogP contribution in [0.15, 0.2) is 35.6 Å². The Morgan fingerprint density at radius 1 is 1.22 bits per heavy atom.